The fourth-order valence-electron chi connectivity index (χ4n) is 3.78. The molecule has 0 spiro atoms. The van der Waals surface area contributed by atoms with Gasteiger partial charge in [-0.1, -0.05) is 24.3 Å². The van der Waals surface area contributed by atoms with Crippen LogP contribution in [0.25, 0.3) is 10.8 Å². The van der Waals surface area contributed by atoms with Gasteiger partial charge in [0.15, 0.2) is 0 Å². The second-order valence-electron chi connectivity index (χ2n) is 7.06. The predicted octanol–water partition coefficient (Wildman–Crippen LogP) is 1.27. The average Bonchev–Trinajstić information content (AvgIpc) is 2.73. The molecule has 2 aliphatic rings. The zero-order valence-corrected chi connectivity index (χ0v) is 15.6. The van der Waals surface area contributed by atoms with Crippen LogP contribution in [-0.4, -0.2) is 73.5 Å². The van der Waals surface area contributed by atoms with Gasteiger partial charge in [-0.05, 0) is 30.5 Å². The molecule has 2 aromatic carbocycles. The van der Waals surface area contributed by atoms with Crippen molar-refractivity contribution in [1.82, 2.24) is 15.1 Å². The molecule has 1 N–H and O–H groups in total. The molecule has 0 aliphatic carbocycles. The van der Waals surface area contributed by atoms with E-state index < -0.39 is 11.8 Å². The molecule has 3 amide bonds. The van der Waals surface area contributed by atoms with E-state index in [2.05, 4.69) is 10.2 Å². The Morgan fingerprint density at radius 1 is 1.00 bits per heavy atom. The molecule has 7 nitrogen and oxygen atoms in total. The topological polar surface area (TPSA) is 79.0 Å². The van der Waals surface area contributed by atoms with E-state index >= 15 is 0 Å². The molecular weight excluding hydrogens is 358 g/mol. The largest absolute Gasteiger partial charge is 0.379 e. The quantitative estimate of drug-likeness (QED) is 0.602. The van der Waals surface area contributed by atoms with Gasteiger partial charge in [0, 0.05) is 36.1 Å². The number of amides is 3. The van der Waals surface area contributed by atoms with Gasteiger partial charge in [-0.3, -0.25) is 24.2 Å². The van der Waals surface area contributed by atoms with Gasteiger partial charge in [-0.15, -0.1) is 0 Å². The van der Waals surface area contributed by atoms with E-state index in [1.165, 1.54) is 0 Å². The molecule has 1 fully saturated rings. The maximum absolute atomic E-state index is 12.8. The molecular formula is C21H23N3O4. The SMILES string of the molecule is O=C(CN1C(=O)c2cccc3cccc(c23)C1=O)NCCCN1CCOCC1. The lowest BCUT2D eigenvalue weighted by atomic mass is 9.94. The summed E-state index contributed by atoms with van der Waals surface area (Å²) in [6.07, 6.45) is 0.815. The zero-order valence-electron chi connectivity index (χ0n) is 15.6. The minimum Gasteiger partial charge on any atom is -0.379 e. The molecule has 146 valence electrons. The molecule has 0 unspecified atom stereocenters. The molecule has 2 aromatic rings. The van der Waals surface area contributed by atoms with Crippen LogP contribution in [0.4, 0.5) is 0 Å². The lowest BCUT2D eigenvalue weighted by molar-refractivity contribution is -0.121. The van der Waals surface area contributed by atoms with E-state index in [0.717, 1.165) is 49.6 Å². The minimum absolute atomic E-state index is 0.264. The molecule has 0 atom stereocenters. The van der Waals surface area contributed by atoms with Crippen molar-refractivity contribution >= 4 is 28.5 Å². The number of imide groups is 1. The molecule has 0 saturated carbocycles. The molecule has 2 aliphatic heterocycles. The van der Waals surface area contributed by atoms with Crippen LogP contribution in [-0.2, 0) is 9.53 Å². The monoisotopic (exact) mass is 381 g/mol. The van der Waals surface area contributed by atoms with Crippen molar-refractivity contribution < 1.29 is 19.1 Å². The normalized spacial score (nSPS) is 17.2. The number of hydrogen-bond acceptors (Lipinski definition) is 5. The van der Waals surface area contributed by atoms with Crippen molar-refractivity contribution in [3.05, 3.63) is 47.5 Å². The second-order valence-corrected chi connectivity index (χ2v) is 7.06. The van der Waals surface area contributed by atoms with E-state index in [1.807, 2.05) is 12.1 Å². The van der Waals surface area contributed by atoms with Crippen molar-refractivity contribution in [3.63, 3.8) is 0 Å². The lowest BCUT2D eigenvalue weighted by Crippen LogP contribution is -2.46. The Kier molecular flexibility index (Phi) is 5.36. The predicted molar refractivity (Wildman–Crippen MR) is 104 cm³/mol. The van der Waals surface area contributed by atoms with Crippen LogP contribution in [0.2, 0.25) is 0 Å². The average molecular weight is 381 g/mol. The summed E-state index contributed by atoms with van der Waals surface area (Å²) in [5.41, 5.74) is 0.931. The number of nitrogens with one attached hydrogen (secondary N) is 1. The number of ether oxygens (including phenoxy) is 1. The van der Waals surface area contributed by atoms with Gasteiger partial charge in [0.1, 0.15) is 6.54 Å². The van der Waals surface area contributed by atoms with Gasteiger partial charge in [-0.25, -0.2) is 0 Å². The number of rotatable bonds is 6. The Hall–Kier alpha value is -2.77. The molecule has 7 heteroatoms. The lowest BCUT2D eigenvalue weighted by Gasteiger charge is -2.27. The number of carbonyl (C=O) groups is 3. The maximum Gasteiger partial charge on any atom is 0.261 e. The number of carbonyl (C=O) groups excluding carboxylic acids is 3. The first-order chi connectivity index (χ1) is 13.6. The first kappa shape index (κ1) is 18.6. The van der Waals surface area contributed by atoms with Crippen LogP contribution in [0.15, 0.2) is 36.4 Å². The van der Waals surface area contributed by atoms with E-state index in [4.69, 9.17) is 4.74 Å². The number of morpholine rings is 1. The van der Waals surface area contributed by atoms with Crippen molar-refractivity contribution in [2.45, 2.75) is 6.42 Å². The molecule has 28 heavy (non-hydrogen) atoms. The highest BCUT2D eigenvalue weighted by atomic mass is 16.5. The van der Waals surface area contributed by atoms with Gasteiger partial charge >= 0.3 is 0 Å². The van der Waals surface area contributed by atoms with Crippen LogP contribution in [0.5, 0.6) is 0 Å². The fraction of sp³-hybridized carbons (Fsp3) is 0.381. The number of hydrogen-bond donors (Lipinski definition) is 1. The molecule has 1 saturated heterocycles. The van der Waals surface area contributed by atoms with Crippen LogP contribution in [0, 0.1) is 0 Å². The zero-order chi connectivity index (χ0) is 19.5. The summed E-state index contributed by atoms with van der Waals surface area (Å²) >= 11 is 0. The summed E-state index contributed by atoms with van der Waals surface area (Å²) in [5, 5.41) is 4.34. The molecule has 4 rings (SSSR count). The third-order valence-corrected chi connectivity index (χ3v) is 5.23. The minimum atomic E-state index is -0.419. The van der Waals surface area contributed by atoms with Gasteiger partial charge in [0.25, 0.3) is 11.8 Å². The first-order valence-electron chi connectivity index (χ1n) is 9.60. The fourth-order valence-corrected chi connectivity index (χ4v) is 3.78. The van der Waals surface area contributed by atoms with Crippen LogP contribution < -0.4 is 5.32 Å². The third-order valence-electron chi connectivity index (χ3n) is 5.23. The Morgan fingerprint density at radius 2 is 1.64 bits per heavy atom. The maximum atomic E-state index is 12.8. The van der Waals surface area contributed by atoms with Crippen molar-refractivity contribution in [2.75, 3.05) is 45.9 Å². The van der Waals surface area contributed by atoms with Gasteiger partial charge in [0.05, 0.1) is 13.2 Å². The Labute approximate surface area is 163 Å². The van der Waals surface area contributed by atoms with Crippen molar-refractivity contribution in [3.8, 4) is 0 Å². The summed E-state index contributed by atoms with van der Waals surface area (Å²) in [6.45, 7) is 4.46. The summed E-state index contributed by atoms with van der Waals surface area (Å²) in [6, 6.07) is 10.7. The van der Waals surface area contributed by atoms with Crippen molar-refractivity contribution in [2.24, 2.45) is 0 Å². The van der Waals surface area contributed by atoms with Gasteiger partial charge in [0.2, 0.25) is 5.91 Å². The smallest absolute Gasteiger partial charge is 0.261 e. The Balaban J connectivity index is 1.36. The molecule has 2 heterocycles. The first-order valence-corrected chi connectivity index (χ1v) is 9.60. The van der Waals surface area contributed by atoms with E-state index in [-0.39, 0.29) is 12.5 Å². The number of nitrogens with zero attached hydrogens (tertiary/aromatic N) is 2. The van der Waals surface area contributed by atoms with E-state index in [9.17, 15) is 14.4 Å². The van der Waals surface area contributed by atoms with Crippen LogP contribution in [0.3, 0.4) is 0 Å². The summed E-state index contributed by atoms with van der Waals surface area (Å²) in [5.74, 6) is -1.16. The third kappa shape index (κ3) is 3.63. The van der Waals surface area contributed by atoms with Crippen molar-refractivity contribution in [1.29, 1.82) is 0 Å². The summed E-state index contributed by atoms with van der Waals surface area (Å²) in [7, 11) is 0. The standard InChI is InChI=1S/C21H23N3O4/c25-18(22-8-3-9-23-10-12-28-13-11-23)14-24-20(26)16-6-1-4-15-5-2-7-17(19(15)16)21(24)27/h1-2,4-7H,3,8-14H2,(H,22,25). The van der Waals surface area contributed by atoms with Crippen LogP contribution >= 0.6 is 0 Å². The van der Waals surface area contributed by atoms with E-state index in [0.29, 0.717) is 23.1 Å². The second kappa shape index (κ2) is 8.08. The summed E-state index contributed by atoms with van der Waals surface area (Å²) < 4.78 is 5.31. The Morgan fingerprint density at radius 3 is 2.29 bits per heavy atom. The molecule has 0 aromatic heterocycles. The van der Waals surface area contributed by atoms with E-state index in [1.54, 1.807) is 24.3 Å². The van der Waals surface area contributed by atoms with Crippen LogP contribution in [0.1, 0.15) is 27.1 Å². The highest BCUT2D eigenvalue weighted by Crippen LogP contribution is 2.29. The summed E-state index contributed by atoms with van der Waals surface area (Å²) in [4.78, 5) is 41.2. The molecule has 0 radical (unpaired) electrons. The van der Waals surface area contributed by atoms with Gasteiger partial charge < -0.3 is 10.1 Å². The highest BCUT2D eigenvalue weighted by Gasteiger charge is 2.33. The highest BCUT2D eigenvalue weighted by molar-refractivity contribution is 6.26. The van der Waals surface area contributed by atoms with Gasteiger partial charge in [-0.2, -0.15) is 0 Å². The number of benzene rings is 2. The molecule has 0 bridgehead atoms. The Bertz CT molecular complexity index is 870.